The smallest absolute Gasteiger partial charge is 0.407 e. The molecular weight excluding hydrogens is 564 g/mol. The molecule has 44 heavy (non-hydrogen) atoms. The molecule has 0 atom stereocenters. The highest BCUT2D eigenvalue weighted by atomic mass is 16.5. The number of rotatable bonds is 10. The van der Waals surface area contributed by atoms with Crippen LogP contribution in [0.15, 0.2) is 83.5 Å². The van der Waals surface area contributed by atoms with Gasteiger partial charge in [0.25, 0.3) is 5.91 Å². The lowest BCUT2D eigenvalue weighted by atomic mass is 9.98. The van der Waals surface area contributed by atoms with Crippen molar-refractivity contribution < 1.29 is 33.8 Å². The molecule has 0 unspecified atom stereocenters. The van der Waals surface area contributed by atoms with Crippen LogP contribution in [-0.2, 0) is 23.9 Å². The number of nitrogens with zero attached hydrogens (tertiary/aromatic N) is 3. The van der Waals surface area contributed by atoms with Crippen molar-refractivity contribution in [3.63, 3.8) is 0 Å². The third-order valence-electron chi connectivity index (χ3n) is 7.52. The van der Waals surface area contributed by atoms with Crippen molar-refractivity contribution in [2.24, 2.45) is 4.99 Å². The Kier molecular flexibility index (Phi) is 9.03. The molecule has 2 N–H and O–H groups in total. The monoisotopic (exact) mass is 596 g/mol. The van der Waals surface area contributed by atoms with Gasteiger partial charge in [-0.15, -0.1) is 0 Å². The average molecular weight is 597 g/mol. The topological polar surface area (TPSA) is 138 Å². The molecule has 3 aromatic rings. The number of amidine groups is 1. The van der Waals surface area contributed by atoms with E-state index in [0.717, 1.165) is 22.3 Å². The predicted molar refractivity (Wildman–Crippen MR) is 163 cm³/mol. The Morgan fingerprint density at radius 3 is 2.27 bits per heavy atom. The SMILES string of the molecule is COC(=O)CN(CCNC(=O)OCC1c2ccccc2-c2ccccc21)C(=O)CN1C(=O)/C(=C/c2ccc(O)cc2)N=C1C. The molecule has 11 heteroatoms. The first kappa shape index (κ1) is 30.0. The Hall–Kier alpha value is -5.45. The van der Waals surface area contributed by atoms with Crippen LogP contribution in [0.5, 0.6) is 5.75 Å². The Balaban J connectivity index is 1.16. The summed E-state index contributed by atoms with van der Waals surface area (Å²) in [4.78, 5) is 57.6. The number of methoxy groups -OCH3 is 1. The third kappa shape index (κ3) is 6.62. The minimum absolute atomic E-state index is 0.00638. The number of amides is 3. The molecule has 2 aliphatic rings. The van der Waals surface area contributed by atoms with Gasteiger partial charge in [-0.3, -0.25) is 19.3 Å². The summed E-state index contributed by atoms with van der Waals surface area (Å²) in [5.74, 6) is -1.33. The molecule has 3 amide bonds. The maximum Gasteiger partial charge on any atom is 0.407 e. The van der Waals surface area contributed by atoms with E-state index in [1.54, 1.807) is 25.1 Å². The summed E-state index contributed by atoms with van der Waals surface area (Å²) in [5, 5.41) is 12.1. The van der Waals surface area contributed by atoms with E-state index in [1.807, 2.05) is 36.4 Å². The second-order valence-electron chi connectivity index (χ2n) is 10.3. The van der Waals surface area contributed by atoms with Crippen molar-refractivity contribution in [1.29, 1.82) is 0 Å². The molecule has 0 spiro atoms. The highest BCUT2D eigenvalue weighted by Crippen LogP contribution is 2.44. The van der Waals surface area contributed by atoms with Crippen LogP contribution in [-0.4, -0.2) is 84.5 Å². The third-order valence-corrected chi connectivity index (χ3v) is 7.52. The van der Waals surface area contributed by atoms with Crippen LogP contribution in [0.3, 0.4) is 0 Å². The number of fused-ring (bicyclic) bond motifs is 3. The molecule has 0 radical (unpaired) electrons. The zero-order chi connectivity index (χ0) is 31.2. The Morgan fingerprint density at radius 1 is 1.00 bits per heavy atom. The zero-order valence-electron chi connectivity index (χ0n) is 24.4. The lowest BCUT2D eigenvalue weighted by molar-refractivity contribution is -0.147. The summed E-state index contributed by atoms with van der Waals surface area (Å²) in [6.45, 7) is 1.00. The van der Waals surface area contributed by atoms with Gasteiger partial charge in [0.05, 0.1) is 7.11 Å². The maximum absolute atomic E-state index is 13.2. The molecule has 0 aromatic heterocycles. The largest absolute Gasteiger partial charge is 0.508 e. The summed E-state index contributed by atoms with van der Waals surface area (Å²) in [6, 6.07) is 22.3. The first-order valence-corrected chi connectivity index (χ1v) is 14.1. The number of aromatic hydroxyl groups is 1. The Labute approximate surface area is 254 Å². The normalized spacial score (nSPS) is 14.6. The second-order valence-corrected chi connectivity index (χ2v) is 10.3. The number of aliphatic imine (C=N–C) groups is 1. The predicted octanol–water partition coefficient (Wildman–Crippen LogP) is 3.53. The van der Waals surface area contributed by atoms with E-state index in [9.17, 15) is 24.3 Å². The van der Waals surface area contributed by atoms with Crippen LogP contribution in [0.25, 0.3) is 17.2 Å². The van der Waals surface area contributed by atoms with Crippen molar-refractivity contribution in [3.05, 3.63) is 95.2 Å². The number of carbonyl (C=O) groups is 4. The van der Waals surface area contributed by atoms with Gasteiger partial charge in [0.2, 0.25) is 5.91 Å². The van der Waals surface area contributed by atoms with Crippen LogP contribution in [0.4, 0.5) is 4.79 Å². The first-order valence-electron chi connectivity index (χ1n) is 14.1. The van der Waals surface area contributed by atoms with Gasteiger partial charge in [-0.1, -0.05) is 60.7 Å². The van der Waals surface area contributed by atoms with E-state index in [1.165, 1.54) is 29.0 Å². The number of nitrogens with one attached hydrogen (secondary N) is 1. The lowest BCUT2D eigenvalue weighted by Gasteiger charge is -2.24. The van der Waals surface area contributed by atoms with Crippen molar-refractivity contribution >= 4 is 35.8 Å². The standard InChI is InChI=1S/C33H32N4O7/c1-21-35-29(17-22-11-13-23(38)14-12-22)32(41)37(21)18-30(39)36(19-31(40)43-2)16-15-34-33(42)44-20-28-26-9-5-3-7-24(26)25-8-4-6-10-27(25)28/h3-14,17,28,38H,15-16,18-20H2,1-2H3,(H,34,42)/b29-17-. The van der Waals surface area contributed by atoms with E-state index < -0.39 is 23.9 Å². The minimum atomic E-state index is -0.654. The molecule has 11 nitrogen and oxygen atoms in total. The summed E-state index contributed by atoms with van der Waals surface area (Å²) in [5.41, 5.74) is 5.21. The number of ether oxygens (including phenoxy) is 2. The van der Waals surface area contributed by atoms with Crippen LogP contribution in [0.2, 0.25) is 0 Å². The number of esters is 1. The molecule has 0 bridgehead atoms. The van der Waals surface area contributed by atoms with Gasteiger partial charge < -0.3 is 24.8 Å². The number of phenolic OH excluding ortho intramolecular Hbond substituents is 1. The van der Waals surface area contributed by atoms with E-state index in [4.69, 9.17) is 9.47 Å². The van der Waals surface area contributed by atoms with Gasteiger partial charge in [-0.25, -0.2) is 9.79 Å². The second kappa shape index (κ2) is 13.2. The summed E-state index contributed by atoms with van der Waals surface area (Å²) >= 11 is 0. The molecule has 1 aliphatic carbocycles. The number of phenols is 1. The van der Waals surface area contributed by atoms with Gasteiger partial charge in [0.15, 0.2) is 0 Å². The van der Waals surface area contributed by atoms with E-state index in [-0.39, 0.29) is 50.2 Å². The lowest BCUT2D eigenvalue weighted by Crippen LogP contribution is -2.47. The van der Waals surface area contributed by atoms with Crippen LogP contribution >= 0.6 is 0 Å². The van der Waals surface area contributed by atoms with Crippen molar-refractivity contribution in [3.8, 4) is 16.9 Å². The molecule has 0 saturated heterocycles. The fourth-order valence-corrected chi connectivity index (χ4v) is 5.27. The Morgan fingerprint density at radius 2 is 1.64 bits per heavy atom. The van der Waals surface area contributed by atoms with E-state index in [2.05, 4.69) is 22.4 Å². The Bertz CT molecular complexity index is 1600. The van der Waals surface area contributed by atoms with Crippen LogP contribution < -0.4 is 5.32 Å². The van der Waals surface area contributed by atoms with E-state index in [0.29, 0.717) is 11.4 Å². The molecule has 0 saturated carbocycles. The maximum atomic E-state index is 13.2. The van der Waals surface area contributed by atoms with Gasteiger partial charge in [0, 0.05) is 19.0 Å². The van der Waals surface area contributed by atoms with Crippen LogP contribution in [0, 0.1) is 0 Å². The van der Waals surface area contributed by atoms with Gasteiger partial charge >= 0.3 is 12.1 Å². The number of alkyl carbamates (subject to hydrolysis) is 1. The fourth-order valence-electron chi connectivity index (χ4n) is 5.27. The van der Waals surface area contributed by atoms with Gasteiger partial charge in [-0.2, -0.15) is 0 Å². The van der Waals surface area contributed by atoms with Crippen molar-refractivity contribution in [2.45, 2.75) is 12.8 Å². The fraction of sp³-hybridized carbons (Fsp3) is 0.242. The highest BCUT2D eigenvalue weighted by molar-refractivity contribution is 6.15. The molecule has 3 aromatic carbocycles. The number of hydrogen-bond donors (Lipinski definition) is 2. The molecule has 0 fully saturated rings. The first-order chi connectivity index (χ1) is 21.2. The van der Waals surface area contributed by atoms with Gasteiger partial charge in [-0.05, 0) is 52.9 Å². The quantitative estimate of drug-likeness (QED) is 0.270. The number of benzene rings is 3. The molecular formula is C33H32N4O7. The van der Waals surface area contributed by atoms with Crippen molar-refractivity contribution in [2.75, 3.05) is 39.9 Å². The highest BCUT2D eigenvalue weighted by Gasteiger charge is 2.32. The number of carbonyl (C=O) groups excluding carboxylic acids is 4. The zero-order valence-corrected chi connectivity index (χ0v) is 24.4. The molecule has 1 heterocycles. The molecule has 5 rings (SSSR count). The average Bonchev–Trinajstić information content (AvgIpc) is 3.49. The minimum Gasteiger partial charge on any atom is -0.508 e. The van der Waals surface area contributed by atoms with E-state index >= 15 is 0 Å². The molecule has 226 valence electrons. The summed E-state index contributed by atoms with van der Waals surface area (Å²) < 4.78 is 10.3. The van der Waals surface area contributed by atoms with Crippen molar-refractivity contribution in [1.82, 2.24) is 15.1 Å². The summed E-state index contributed by atoms with van der Waals surface area (Å²) in [6.07, 6.45) is 0.902. The summed E-state index contributed by atoms with van der Waals surface area (Å²) in [7, 11) is 1.21. The van der Waals surface area contributed by atoms with Crippen LogP contribution in [0.1, 0.15) is 29.5 Å². The van der Waals surface area contributed by atoms with Gasteiger partial charge in [0.1, 0.15) is 37.0 Å². The number of hydrogen-bond acceptors (Lipinski definition) is 8. The molecule has 1 aliphatic heterocycles.